The van der Waals surface area contributed by atoms with Crippen LogP contribution in [0.25, 0.3) is 11.0 Å². The molecule has 1 heterocycles. The monoisotopic (exact) mass is 403 g/mol. The SMILES string of the molecule is CC(NC(=O)COc1ccccc1)c1nc2ccccc2n1Cc1ccc(F)cc1. The van der Waals surface area contributed by atoms with Crippen LogP contribution in [0.2, 0.25) is 0 Å². The van der Waals surface area contributed by atoms with E-state index in [1.807, 2.05) is 54.0 Å². The Morgan fingerprint density at radius 1 is 1.03 bits per heavy atom. The third-order valence-corrected chi connectivity index (χ3v) is 4.82. The number of halogens is 1. The molecule has 6 heteroatoms. The van der Waals surface area contributed by atoms with Crippen LogP contribution in [0.3, 0.4) is 0 Å². The Hall–Kier alpha value is -3.67. The van der Waals surface area contributed by atoms with E-state index in [4.69, 9.17) is 9.72 Å². The van der Waals surface area contributed by atoms with Crippen LogP contribution in [0.4, 0.5) is 4.39 Å². The highest BCUT2D eigenvalue weighted by atomic mass is 19.1. The first kappa shape index (κ1) is 19.6. The summed E-state index contributed by atoms with van der Waals surface area (Å²) in [5, 5.41) is 2.96. The van der Waals surface area contributed by atoms with Crippen molar-refractivity contribution in [3.05, 3.63) is 96.1 Å². The minimum absolute atomic E-state index is 0.0768. The second-order valence-electron chi connectivity index (χ2n) is 7.06. The van der Waals surface area contributed by atoms with Crippen LogP contribution < -0.4 is 10.1 Å². The minimum atomic E-state index is -0.329. The molecule has 0 aliphatic heterocycles. The van der Waals surface area contributed by atoms with Gasteiger partial charge in [0.15, 0.2) is 6.61 Å². The van der Waals surface area contributed by atoms with Crippen molar-refractivity contribution in [2.45, 2.75) is 19.5 Å². The van der Waals surface area contributed by atoms with Gasteiger partial charge in [0.1, 0.15) is 17.4 Å². The standard InChI is InChI=1S/C24H22FN3O2/c1-17(26-23(29)16-30-20-7-3-2-4-8-20)24-27-21-9-5-6-10-22(21)28(24)15-18-11-13-19(25)14-12-18/h2-14,17H,15-16H2,1H3,(H,26,29). The Morgan fingerprint density at radius 3 is 2.50 bits per heavy atom. The number of fused-ring (bicyclic) bond motifs is 1. The fraction of sp³-hybridized carbons (Fsp3) is 0.167. The smallest absolute Gasteiger partial charge is 0.258 e. The van der Waals surface area contributed by atoms with Gasteiger partial charge in [-0.15, -0.1) is 0 Å². The number of carbonyl (C=O) groups is 1. The van der Waals surface area contributed by atoms with Gasteiger partial charge in [-0.1, -0.05) is 42.5 Å². The predicted octanol–water partition coefficient (Wildman–Crippen LogP) is 4.48. The van der Waals surface area contributed by atoms with Gasteiger partial charge in [-0.2, -0.15) is 0 Å². The summed E-state index contributed by atoms with van der Waals surface area (Å²) in [6.45, 7) is 2.34. The van der Waals surface area contributed by atoms with Crippen LogP contribution >= 0.6 is 0 Å². The van der Waals surface area contributed by atoms with Crippen molar-refractivity contribution in [2.75, 3.05) is 6.61 Å². The number of para-hydroxylation sites is 3. The number of aromatic nitrogens is 2. The molecular formula is C24H22FN3O2. The fourth-order valence-electron chi connectivity index (χ4n) is 3.38. The zero-order chi connectivity index (χ0) is 20.9. The number of carbonyl (C=O) groups excluding carboxylic acids is 1. The largest absolute Gasteiger partial charge is 0.484 e. The normalized spacial score (nSPS) is 11.9. The summed E-state index contributed by atoms with van der Waals surface area (Å²) in [4.78, 5) is 17.1. The van der Waals surface area contributed by atoms with E-state index in [2.05, 4.69) is 5.32 Å². The summed E-state index contributed by atoms with van der Waals surface area (Å²) in [6.07, 6.45) is 0. The molecule has 0 aliphatic rings. The highest BCUT2D eigenvalue weighted by molar-refractivity contribution is 5.79. The van der Waals surface area contributed by atoms with Gasteiger partial charge in [-0.3, -0.25) is 4.79 Å². The molecule has 0 spiro atoms. The molecule has 4 aromatic rings. The zero-order valence-corrected chi connectivity index (χ0v) is 16.6. The van der Waals surface area contributed by atoms with Crippen LogP contribution in [-0.2, 0) is 11.3 Å². The first-order valence-corrected chi connectivity index (χ1v) is 9.77. The lowest BCUT2D eigenvalue weighted by molar-refractivity contribution is -0.123. The lowest BCUT2D eigenvalue weighted by atomic mass is 10.2. The molecule has 0 aliphatic carbocycles. The number of benzene rings is 3. The topological polar surface area (TPSA) is 56.1 Å². The molecule has 0 bridgehead atoms. The van der Waals surface area contributed by atoms with Crippen molar-refractivity contribution in [3.63, 3.8) is 0 Å². The summed E-state index contributed by atoms with van der Waals surface area (Å²) in [5.41, 5.74) is 2.75. The Labute approximate surface area is 174 Å². The molecule has 0 radical (unpaired) electrons. The molecule has 5 nitrogen and oxygen atoms in total. The zero-order valence-electron chi connectivity index (χ0n) is 16.6. The van der Waals surface area contributed by atoms with Crippen LogP contribution in [0.15, 0.2) is 78.9 Å². The first-order chi connectivity index (χ1) is 14.6. The molecule has 1 amide bonds. The van der Waals surface area contributed by atoms with Gasteiger partial charge in [0.05, 0.1) is 17.1 Å². The quantitative estimate of drug-likeness (QED) is 0.495. The Kier molecular flexibility index (Phi) is 5.75. The summed E-state index contributed by atoms with van der Waals surface area (Å²) < 4.78 is 20.9. The van der Waals surface area contributed by atoms with Crippen molar-refractivity contribution in [3.8, 4) is 5.75 Å². The van der Waals surface area contributed by atoms with Crippen LogP contribution in [-0.4, -0.2) is 22.1 Å². The third kappa shape index (κ3) is 4.49. The van der Waals surface area contributed by atoms with E-state index < -0.39 is 0 Å². The van der Waals surface area contributed by atoms with E-state index in [-0.39, 0.29) is 24.4 Å². The Morgan fingerprint density at radius 2 is 1.73 bits per heavy atom. The molecule has 0 fully saturated rings. The van der Waals surface area contributed by atoms with Gasteiger partial charge < -0.3 is 14.6 Å². The fourth-order valence-corrected chi connectivity index (χ4v) is 3.38. The average molecular weight is 403 g/mol. The molecule has 4 rings (SSSR count). The first-order valence-electron chi connectivity index (χ1n) is 9.77. The van der Waals surface area contributed by atoms with Gasteiger partial charge in [-0.05, 0) is 48.9 Å². The van der Waals surface area contributed by atoms with E-state index >= 15 is 0 Å². The molecule has 1 aromatic heterocycles. The number of hydrogen-bond donors (Lipinski definition) is 1. The molecule has 1 N–H and O–H groups in total. The second-order valence-corrected chi connectivity index (χ2v) is 7.06. The van der Waals surface area contributed by atoms with Gasteiger partial charge in [0.25, 0.3) is 5.91 Å². The molecule has 0 saturated heterocycles. The molecular weight excluding hydrogens is 381 g/mol. The number of hydrogen-bond acceptors (Lipinski definition) is 3. The lowest BCUT2D eigenvalue weighted by Crippen LogP contribution is -2.32. The van der Waals surface area contributed by atoms with Gasteiger partial charge in [-0.25, -0.2) is 9.37 Å². The highest BCUT2D eigenvalue weighted by Crippen LogP contribution is 2.22. The maximum Gasteiger partial charge on any atom is 0.258 e. The summed E-state index contributed by atoms with van der Waals surface area (Å²) >= 11 is 0. The Bertz CT molecular complexity index is 1140. The van der Waals surface area contributed by atoms with E-state index in [1.54, 1.807) is 24.3 Å². The molecule has 3 aromatic carbocycles. The number of imidazole rings is 1. The van der Waals surface area contributed by atoms with Crippen LogP contribution in [0.5, 0.6) is 5.75 Å². The van der Waals surface area contributed by atoms with Crippen LogP contribution in [0, 0.1) is 5.82 Å². The number of rotatable bonds is 7. The molecule has 1 atom stereocenters. The maximum absolute atomic E-state index is 13.3. The predicted molar refractivity (Wildman–Crippen MR) is 114 cm³/mol. The van der Waals surface area contributed by atoms with Crippen molar-refractivity contribution in [2.24, 2.45) is 0 Å². The number of amides is 1. The number of nitrogens with one attached hydrogen (secondary N) is 1. The van der Waals surface area contributed by atoms with Crippen molar-refractivity contribution in [1.29, 1.82) is 0 Å². The highest BCUT2D eigenvalue weighted by Gasteiger charge is 2.19. The summed E-state index contributed by atoms with van der Waals surface area (Å²) in [5.74, 6) is 0.873. The molecule has 1 unspecified atom stereocenters. The molecule has 30 heavy (non-hydrogen) atoms. The maximum atomic E-state index is 13.3. The molecule has 0 saturated carbocycles. The second kappa shape index (κ2) is 8.78. The van der Waals surface area contributed by atoms with Gasteiger partial charge in [0, 0.05) is 6.54 Å². The average Bonchev–Trinajstić information content (AvgIpc) is 3.13. The van der Waals surface area contributed by atoms with Gasteiger partial charge >= 0.3 is 0 Å². The van der Waals surface area contributed by atoms with E-state index in [0.29, 0.717) is 12.3 Å². The van der Waals surface area contributed by atoms with Crippen LogP contribution in [0.1, 0.15) is 24.4 Å². The van der Waals surface area contributed by atoms with Crippen molar-refractivity contribution in [1.82, 2.24) is 14.9 Å². The van der Waals surface area contributed by atoms with E-state index in [9.17, 15) is 9.18 Å². The lowest BCUT2D eigenvalue weighted by Gasteiger charge is -2.17. The number of ether oxygens (including phenoxy) is 1. The minimum Gasteiger partial charge on any atom is -0.484 e. The summed E-state index contributed by atoms with van der Waals surface area (Å²) in [7, 11) is 0. The summed E-state index contributed by atoms with van der Waals surface area (Å²) in [6, 6.07) is 23.1. The third-order valence-electron chi connectivity index (χ3n) is 4.82. The van der Waals surface area contributed by atoms with Crippen molar-refractivity contribution >= 4 is 16.9 Å². The van der Waals surface area contributed by atoms with Gasteiger partial charge in [0.2, 0.25) is 0 Å². The molecule has 152 valence electrons. The Balaban J connectivity index is 1.53. The van der Waals surface area contributed by atoms with E-state index in [1.165, 1.54) is 12.1 Å². The van der Waals surface area contributed by atoms with Crippen molar-refractivity contribution < 1.29 is 13.9 Å². The van der Waals surface area contributed by atoms with E-state index in [0.717, 1.165) is 22.4 Å². The number of nitrogens with zero attached hydrogens (tertiary/aromatic N) is 2.